The van der Waals surface area contributed by atoms with Crippen LogP contribution < -0.4 is 5.32 Å². The fourth-order valence-electron chi connectivity index (χ4n) is 2.86. The number of pyridine rings is 1. The maximum absolute atomic E-state index is 12.5. The first-order valence-corrected chi connectivity index (χ1v) is 7.57. The van der Waals surface area contributed by atoms with Crippen LogP contribution in [-0.2, 0) is 0 Å². The molecule has 1 fully saturated rings. The minimum absolute atomic E-state index is 0.183. The fourth-order valence-corrected chi connectivity index (χ4v) is 3.06. The molecule has 5 heteroatoms. The topological polar surface area (TPSA) is 62.2 Å². The molecular formula is C16H17ClN2O2. The third-order valence-corrected chi connectivity index (χ3v) is 4.17. The number of carbonyl (C=O) groups is 1. The number of hydrogen-bond donors (Lipinski definition) is 2. The second kappa shape index (κ2) is 6.00. The van der Waals surface area contributed by atoms with Gasteiger partial charge in [0.15, 0.2) is 0 Å². The van der Waals surface area contributed by atoms with Gasteiger partial charge in [0.1, 0.15) is 5.15 Å². The normalized spacial score (nSPS) is 22.2. The molecule has 21 heavy (non-hydrogen) atoms. The van der Waals surface area contributed by atoms with Gasteiger partial charge in [0, 0.05) is 5.39 Å². The summed E-state index contributed by atoms with van der Waals surface area (Å²) in [5.41, 5.74) is 1.20. The largest absolute Gasteiger partial charge is 0.391 e. The molecule has 4 nitrogen and oxygen atoms in total. The lowest BCUT2D eigenvalue weighted by Crippen LogP contribution is -2.45. The van der Waals surface area contributed by atoms with E-state index in [1.807, 2.05) is 24.3 Å². The molecule has 0 spiro atoms. The van der Waals surface area contributed by atoms with Crippen LogP contribution in [0.4, 0.5) is 0 Å². The van der Waals surface area contributed by atoms with E-state index < -0.39 is 6.10 Å². The number of amides is 1. The van der Waals surface area contributed by atoms with Gasteiger partial charge in [-0.2, -0.15) is 0 Å². The number of fused-ring (bicyclic) bond motifs is 1. The van der Waals surface area contributed by atoms with Crippen LogP contribution in [0.1, 0.15) is 36.0 Å². The molecule has 2 unspecified atom stereocenters. The number of nitrogens with zero attached hydrogens (tertiary/aromatic N) is 1. The first-order chi connectivity index (χ1) is 10.1. The molecule has 0 bridgehead atoms. The Hall–Kier alpha value is -1.65. The SMILES string of the molecule is O=C(NC1CCCCC1O)c1cc(Cl)nc2ccccc12. The predicted octanol–water partition coefficient (Wildman–Crippen LogP) is 2.92. The second-order valence-electron chi connectivity index (χ2n) is 5.44. The molecule has 1 amide bonds. The molecule has 1 aromatic heterocycles. The summed E-state index contributed by atoms with van der Waals surface area (Å²) in [6.45, 7) is 0. The minimum atomic E-state index is -0.466. The number of aromatic nitrogens is 1. The Bertz CT molecular complexity index is 674. The minimum Gasteiger partial charge on any atom is -0.391 e. The van der Waals surface area contributed by atoms with Crippen molar-refractivity contribution in [3.05, 3.63) is 41.0 Å². The van der Waals surface area contributed by atoms with Crippen molar-refractivity contribution in [2.75, 3.05) is 0 Å². The number of hydrogen-bond acceptors (Lipinski definition) is 3. The maximum Gasteiger partial charge on any atom is 0.252 e. The van der Waals surface area contributed by atoms with E-state index in [0.717, 1.165) is 31.1 Å². The van der Waals surface area contributed by atoms with E-state index in [4.69, 9.17) is 11.6 Å². The molecule has 0 saturated heterocycles. The Morgan fingerprint density at radius 2 is 2.05 bits per heavy atom. The van der Waals surface area contributed by atoms with Crippen molar-refractivity contribution in [1.29, 1.82) is 0 Å². The van der Waals surface area contributed by atoms with Crippen molar-refractivity contribution >= 4 is 28.4 Å². The van der Waals surface area contributed by atoms with Gasteiger partial charge in [-0.3, -0.25) is 4.79 Å². The summed E-state index contributed by atoms with van der Waals surface area (Å²) in [7, 11) is 0. The number of benzene rings is 1. The molecule has 1 saturated carbocycles. The van der Waals surface area contributed by atoms with Gasteiger partial charge in [-0.25, -0.2) is 4.98 Å². The molecule has 2 aromatic rings. The zero-order chi connectivity index (χ0) is 14.8. The number of nitrogens with one attached hydrogen (secondary N) is 1. The number of rotatable bonds is 2. The standard InChI is InChI=1S/C16H17ClN2O2/c17-15-9-11(10-5-1-2-6-12(10)18-15)16(21)19-13-7-3-4-8-14(13)20/h1-2,5-6,9,13-14,20H,3-4,7-8H2,(H,19,21). The lowest BCUT2D eigenvalue weighted by Gasteiger charge is -2.28. The molecule has 110 valence electrons. The highest BCUT2D eigenvalue weighted by Crippen LogP contribution is 2.23. The van der Waals surface area contributed by atoms with Crippen molar-refractivity contribution in [2.24, 2.45) is 0 Å². The van der Waals surface area contributed by atoms with Crippen molar-refractivity contribution in [1.82, 2.24) is 10.3 Å². The third-order valence-electron chi connectivity index (χ3n) is 3.98. The van der Waals surface area contributed by atoms with E-state index in [-0.39, 0.29) is 11.9 Å². The van der Waals surface area contributed by atoms with Crippen LogP contribution in [0.25, 0.3) is 10.9 Å². The van der Waals surface area contributed by atoms with Gasteiger partial charge in [-0.15, -0.1) is 0 Å². The Morgan fingerprint density at radius 3 is 2.86 bits per heavy atom. The van der Waals surface area contributed by atoms with E-state index in [0.29, 0.717) is 16.2 Å². The monoisotopic (exact) mass is 304 g/mol. The summed E-state index contributed by atoms with van der Waals surface area (Å²) in [6, 6.07) is 8.80. The van der Waals surface area contributed by atoms with Crippen molar-refractivity contribution in [3.63, 3.8) is 0 Å². The van der Waals surface area contributed by atoms with Gasteiger partial charge in [-0.05, 0) is 25.0 Å². The Kier molecular flexibility index (Phi) is 4.08. The van der Waals surface area contributed by atoms with Crippen LogP contribution in [0.5, 0.6) is 0 Å². The van der Waals surface area contributed by atoms with Crippen molar-refractivity contribution in [3.8, 4) is 0 Å². The first-order valence-electron chi connectivity index (χ1n) is 7.19. The van der Waals surface area contributed by atoms with Gasteiger partial charge < -0.3 is 10.4 Å². The zero-order valence-electron chi connectivity index (χ0n) is 11.6. The van der Waals surface area contributed by atoms with Gasteiger partial charge in [0.25, 0.3) is 5.91 Å². The van der Waals surface area contributed by atoms with Crippen molar-refractivity contribution < 1.29 is 9.90 Å². The number of aliphatic hydroxyl groups excluding tert-OH is 1. The number of carbonyl (C=O) groups excluding carboxylic acids is 1. The first kappa shape index (κ1) is 14.3. The highest BCUT2D eigenvalue weighted by atomic mass is 35.5. The van der Waals surface area contributed by atoms with Gasteiger partial charge in [-0.1, -0.05) is 42.6 Å². The molecule has 3 rings (SSSR count). The van der Waals surface area contributed by atoms with Crippen LogP contribution in [0.2, 0.25) is 5.15 Å². The quantitative estimate of drug-likeness (QED) is 0.839. The Balaban J connectivity index is 1.90. The molecule has 1 heterocycles. The van der Waals surface area contributed by atoms with E-state index in [1.54, 1.807) is 6.07 Å². The van der Waals surface area contributed by atoms with Crippen LogP contribution in [0, 0.1) is 0 Å². The van der Waals surface area contributed by atoms with Gasteiger partial charge in [0.05, 0.1) is 23.2 Å². The summed E-state index contributed by atoms with van der Waals surface area (Å²) in [5, 5.41) is 14.0. The molecule has 2 N–H and O–H groups in total. The fraction of sp³-hybridized carbons (Fsp3) is 0.375. The highest BCUT2D eigenvalue weighted by molar-refractivity contribution is 6.30. The lowest BCUT2D eigenvalue weighted by atomic mass is 9.92. The lowest BCUT2D eigenvalue weighted by molar-refractivity contribution is 0.0718. The second-order valence-corrected chi connectivity index (χ2v) is 5.83. The molecule has 0 radical (unpaired) electrons. The molecule has 1 aliphatic rings. The third kappa shape index (κ3) is 3.01. The summed E-state index contributed by atoms with van der Waals surface area (Å²) in [6.07, 6.45) is 3.12. The Labute approximate surface area is 128 Å². The van der Waals surface area contributed by atoms with E-state index >= 15 is 0 Å². The van der Waals surface area contributed by atoms with E-state index in [2.05, 4.69) is 10.3 Å². The number of aliphatic hydroxyl groups is 1. The molecular weight excluding hydrogens is 288 g/mol. The van der Waals surface area contributed by atoms with Gasteiger partial charge >= 0.3 is 0 Å². The van der Waals surface area contributed by atoms with Crippen molar-refractivity contribution in [2.45, 2.75) is 37.8 Å². The van der Waals surface area contributed by atoms with E-state index in [9.17, 15) is 9.90 Å². The summed E-state index contributed by atoms with van der Waals surface area (Å²) in [5.74, 6) is -0.207. The smallest absolute Gasteiger partial charge is 0.252 e. The summed E-state index contributed by atoms with van der Waals surface area (Å²) in [4.78, 5) is 16.7. The molecule has 1 aromatic carbocycles. The van der Waals surface area contributed by atoms with Crippen LogP contribution in [-0.4, -0.2) is 28.1 Å². The van der Waals surface area contributed by atoms with Crippen LogP contribution >= 0.6 is 11.6 Å². The zero-order valence-corrected chi connectivity index (χ0v) is 12.3. The Morgan fingerprint density at radius 1 is 1.29 bits per heavy atom. The predicted molar refractivity (Wildman–Crippen MR) is 82.5 cm³/mol. The van der Waals surface area contributed by atoms with Gasteiger partial charge in [0.2, 0.25) is 0 Å². The molecule has 0 aliphatic heterocycles. The van der Waals surface area contributed by atoms with E-state index in [1.165, 1.54) is 0 Å². The highest BCUT2D eigenvalue weighted by Gasteiger charge is 2.25. The summed E-state index contributed by atoms with van der Waals surface area (Å²) < 4.78 is 0. The van der Waals surface area contributed by atoms with Crippen LogP contribution in [0.3, 0.4) is 0 Å². The summed E-state index contributed by atoms with van der Waals surface area (Å²) >= 11 is 6.00. The maximum atomic E-state index is 12.5. The molecule has 1 aliphatic carbocycles. The van der Waals surface area contributed by atoms with Crippen LogP contribution in [0.15, 0.2) is 30.3 Å². The number of halogens is 1. The molecule has 2 atom stereocenters. The number of para-hydroxylation sites is 1. The average Bonchev–Trinajstić information content (AvgIpc) is 2.48. The average molecular weight is 305 g/mol.